The fraction of sp³-hybridized carbons (Fsp3) is 0.429. The monoisotopic (exact) mass is 190 g/mol. The van der Waals surface area contributed by atoms with Crippen molar-refractivity contribution in [2.24, 2.45) is 0 Å². The van der Waals surface area contributed by atoms with Gasteiger partial charge in [0, 0.05) is 0 Å². The van der Waals surface area contributed by atoms with Crippen LogP contribution in [0.5, 0.6) is 0 Å². The Morgan fingerprint density at radius 1 is 1.14 bits per heavy atom. The number of rotatable bonds is 7. The van der Waals surface area contributed by atoms with Crippen LogP contribution >= 0.6 is 0 Å². The quantitative estimate of drug-likeness (QED) is 0.399. The number of hydrogen-bond donors (Lipinski definition) is 0. The van der Waals surface area contributed by atoms with Crippen LogP contribution in [0.15, 0.2) is 48.6 Å². The van der Waals surface area contributed by atoms with E-state index in [4.69, 9.17) is 0 Å². The predicted octanol–water partition coefficient (Wildman–Crippen LogP) is 4.81. The summed E-state index contributed by atoms with van der Waals surface area (Å²) >= 11 is 0. The molecule has 0 fully saturated rings. The van der Waals surface area contributed by atoms with Gasteiger partial charge in [-0.3, -0.25) is 0 Å². The Kier molecular flexibility index (Phi) is 7.92. The second-order valence-corrected chi connectivity index (χ2v) is 3.32. The Morgan fingerprint density at radius 3 is 2.29 bits per heavy atom. The fourth-order valence-electron chi connectivity index (χ4n) is 1.51. The second-order valence-electron chi connectivity index (χ2n) is 3.32. The highest BCUT2D eigenvalue weighted by Crippen LogP contribution is 2.20. The molecule has 78 valence electrons. The second kappa shape index (κ2) is 8.55. The van der Waals surface area contributed by atoms with Crippen LogP contribution in [0.1, 0.15) is 39.5 Å². The standard InChI is InChI=1S/C14H22/c1-5-9-12-13(8-4)14(10-6-2)11-7-3/h5-6,8,10H,1-2,7,9,11-12H2,3-4H3/b13-8+,14-10+. The first-order valence-electron chi connectivity index (χ1n) is 5.38. The Morgan fingerprint density at radius 2 is 1.86 bits per heavy atom. The number of hydrogen-bond acceptors (Lipinski definition) is 0. The zero-order chi connectivity index (χ0) is 10.8. The lowest BCUT2D eigenvalue weighted by molar-refractivity contribution is 0.875. The van der Waals surface area contributed by atoms with Crippen molar-refractivity contribution < 1.29 is 0 Å². The van der Waals surface area contributed by atoms with Gasteiger partial charge < -0.3 is 0 Å². The van der Waals surface area contributed by atoms with Gasteiger partial charge in [0.2, 0.25) is 0 Å². The van der Waals surface area contributed by atoms with E-state index in [0.29, 0.717) is 0 Å². The van der Waals surface area contributed by atoms with Gasteiger partial charge in [-0.25, -0.2) is 0 Å². The molecule has 0 aliphatic carbocycles. The minimum atomic E-state index is 1.05. The zero-order valence-corrected chi connectivity index (χ0v) is 9.55. The van der Waals surface area contributed by atoms with E-state index in [-0.39, 0.29) is 0 Å². The summed E-state index contributed by atoms with van der Waals surface area (Å²) in [6, 6.07) is 0. The van der Waals surface area contributed by atoms with Crippen molar-refractivity contribution in [3.63, 3.8) is 0 Å². The van der Waals surface area contributed by atoms with E-state index >= 15 is 0 Å². The molecule has 0 rings (SSSR count). The molecule has 0 amide bonds. The molecule has 0 heteroatoms. The molecule has 0 atom stereocenters. The highest BCUT2D eigenvalue weighted by Gasteiger charge is 2.01. The summed E-state index contributed by atoms with van der Waals surface area (Å²) in [6.07, 6.45) is 12.7. The first-order valence-corrected chi connectivity index (χ1v) is 5.38. The average Bonchev–Trinajstić information content (AvgIpc) is 2.19. The van der Waals surface area contributed by atoms with Crippen LogP contribution in [-0.4, -0.2) is 0 Å². The topological polar surface area (TPSA) is 0 Å². The van der Waals surface area contributed by atoms with Gasteiger partial charge in [0.1, 0.15) is 0 Å². The first kappa shape index (κ1) is 13.0. The molecular weight excluding hydrogens is 168 g/mol. The molecule has 14 heavy (non-hydrogen) atoms. The van der Waals surface area contributed by atoms with Gasteiger partial charge >= 0.3 is 0 Å². The van der Waals surface area contributed by atoms with Gasteiger partial charge in [0.25, 0.3) is 0 Å². The largest absolute Gasteiger partial charge is 0.103 e. The summed E-state index contributed by atoms with van der Waals surface area (Å²) in [6.45, 7) is 11.8. The van der Waals surface area contributed by atoms with Crippen molar-refractivity contribution in [2.75, 3.05) is 0 Å². The highest BCUT2D eigenvalue weighted by molar-refractivity contribution is 5.33. The summed E-state index contributed by atoms with van der Waals surface area (Å²) < 4.78 is 0. The van der Waals surface area contributed by atoms with Crippen LogP contribution in [-0.2, 0) is 0 Å². The van der Waals surface area contributed by atoms with Crippen molar-refractivity contribution >= 4 is 0 Å². The molecule has 0 N–H and O–H groups in total. The number of allylic oxidation sites excluding steroid dienone is 6. The SMILES string of the molecule is C=C/C=C(CCC)/C(=C/C)CCC=C. The fourth-order valence-corrected chi connectivity index (χ4v) is 1.51. The molecule has 0 aliphatic rings. The molecule has 0 spiro atoms. The zero-order valence-electron chi connectivity index (χ0n) is 9.55. The van der Waals surface area contributed by atoms with Crippen LogP contribution in [0.25, 0.3) is 0 Å². The maximum absolute atomic E-state index is 3.76. The van der Waals surface area contributed by atoms with E-state index in [1.807, 2.05) is 12.2 Å². The molecule has 0 radical (unpaired) electrons. The van der Waals surface area contributed by atoms with Crippen LogP contribution in [0.4, 0.5) is 0 Å². The summed E-state index contributed by atoms with van der Waals surface area (Å²) in [7, 11) is 0. The molecule has 0 aromatic heterocycles. The average molecular weight is 190 g/mol. The molecule has 0 nitrogen and oxygen atoms in total. The van der Waals surface area contributed by atoms with Crippen molar-refractivity contribution in [3.05, 3.63) is 48.6 Å². The molecule has 0 heterocycles. The van der Waals surface area contributed by atoms with Gasteiger partial charge in [0.05, 0.1) is 0 Å². The van der Waals surface area contributed by atoms with Crippen LogP contribution in [0.2, 0.25) is 0 Å². The van der Waals surface area contributed by atoms with Crippen molar-refractivity contribution in [2.45, 2.75) is 39.5 Å². The lowest BCUT2D eigenvalue weighted by Gasteiger charge is -2.09. The lowest BCUT2D eigenvalue weighted by Crippen LogP contribution is -1.89. The van der Waals surface area contributed by atoms with Crippen molar-refractivity contribution in [1.82, 2.24) is 0 Å². The van der Waals surface area contributed by atoms with Gasteiger partial charge in [-0.15, -0.1) is 6.58 Å². The third-order valence-electron chi connectivity index (χ3n) is 2.22. The minimum Gasteiger partial charge on any atom is -0.103 e. The van der Waals surface area contributed by atoms with Crippen LogP contribution in [0, 0.1) is 0 Å². The van der Waals surface area contributed by atoms with E-state index in [9.17, 15) is 0 Å². The van der Waals surface area contributed by atoms with E-state index < -0.39 is 0 Å². The maximum atomic E-state index is 3.76. The smallest absolute Gasteiger partial charge is 0.0245 e. The van der Waals surface area contributed by atoms with E-state index in [0.717, 1.165) is 19.3 Å². The van der Waals surface area contributed by atoms with Crippen LogP contribution < -0.4 is 0 Å². The van der Waals surface area contributed by atoms with E-state index in [2.05, 4.69) is 39.2 Å². The summed E-state index contributed by atoms with van der Waals surface area (Å²) in [5.41, 5.74) is 2.86. The molecule has 0 aromatic carbocycles. The molecule has 0 aliphatic heterocycles. The Bertz CT molecular complexity index is 228. The third kappa shape index (κ3) is 4.86. The molecule has 0 saturated heterocycles. The highest BCUT2D eigenvalue weighted by atomic mass is 14.1. The van der Waals surface area contributed by atoms with Gasteiger partial charge in [0.15, 0.2) is 0 Å². The predicted molar refractivity (Wildman–Crippen MR) is 66.4 cm³/mol. The third-order valence-corrected chi connectivity index (χ3v) is 2.22. The Labute approximate surface area is 88.7 Å². The summed E-state index contributed by atoms with van der Waals surface area (Å²) in [4.78, 5) is 0. The summed E-state index contributed by atoms with van der Waals surface area (Å²) in [5.74, 6) is 0. The lowest BCUT2D eigenvalue weighted by atomic mass is 9.97. The molecular formula is C14H22. The Hall–Kier alpha value is -1.04. The van der Waals surface area contributed by atoms with Crippen molar-refractivity contribution in [1.29, 1.82) is 0 Å². The minimum absolute atomic E-state index is 1.05. The van der Waals surface area contributed by atoms with Gasteiger partial charge in [-0.1, -0.05) is 44.2 Å². The molecule has 0 saturated carbocycles. The maximum Gasteiger partial charge on any atom is -0.0245 e. The van der Waals surface area contributed by atoms with Crippen molar-refractivity contribution in [3.8, 4) is 0 Å². The normalized spacial score (nSPS) is 12.7. The molecule has 0 aromatic rings. The van der Waals surface area contributed by atoms with Gasteiger partial charge in [-0.05, 0) is 37.3 Å². The van der Waals surface area contributed by atoms with E-state index in [1.54, 1.807) is 0 Å². The molecule has 0 bridgehead atoms. The van der Waals surface area contributed by atoms with Crippen LogP contribution in [0.3, 0.4) is 0 Å². The first-order chi connectivity index (χ1) is 6.79. The van der Waals surface area contributed by atoms with Gasteiger partial charge in [-0.2, -0.15) is 0 Å². The Balaban J connectivity index is 4.50. The molecule has 0 unspecified atom stereocenters. The summed E-state index contributed by atoms with van der Waals surface area (Å²) in [5, 5.41) is 0. The van der Waals surface area contributed by atoms with E-state index in [1.165, 1.54) is 17.6 Å².